The fraction of sp³-hybridized carbons (Fsp3) is 0.462. The van der Waals surface area contributed by atoms with E-state index in [0.29, 0.717) is 11.8 Å². The minimum Gasteiger partial charge on any atom is -0.494 e. The molecule has 0 atom stereocenters. The van der Waals surface area contributed by atoms with Crippen LogP contribution in [0.2, 0.25) is 0 Å². The van der Waals surface area contributed by atoms with Gasteiger partial charge in [-0.2, -0.15) is 0 Å². The van der Waals surface area contributed by atoms with Crippen LogP contribution in [0.25, 0.3) is 0 Å². The van der Waals surface area contributed by atoms with E-state index < -0.39 is 0 Å². The van der Waals surface area contributed by atoms with E-state index in [1.165, 1.54) is 36.8 Å². The van der Waals surface area contributed by atoms with Crippen LogP contribution in [0, 0.1) is 17.8 Å². The maximum atomic E-state index is 5.72. The molecule has 2 aromatic rings. The van der Waals surface area contributed by atoms with Gasteiger partial charge in [0.2, 0.25) is 0 Å². The lowest BCUT2D eigenvalue weighted by atomic mass is 9.79. The number of unbranched alkanes of at least 4 members (excludes halogenated alkanes) is 1. The molecule has 142 valence electrons. The van der Waals surface area contributed by atoms with Crippen LogP contribution in [0.4, 0.5) is 0 Å². The summed E-state index contributed by atoms with van der Waals surface area (Å²) in [5.41, 5.74) is 4.03. The average molecular weight is 361 g/mol. The predicted octanol–water partition coefficient (Wildman–Crippen LogP) is 6.75. The zero-order chi connectivity index (χ0) is 18.9. The zero-order valence-corrected chi connectivity index (χ0v) is 16.8. The molecular formula is C26H32O. The third-order valence-corrected chi connectivity index (χ3v) is 5.63. The Balaban J connectivity index is 1.49. The number of hydrogen-bond acceptors (Lipinski definition) is 1. The lowest BCUT2D eigenvalue weighted by molar-refractivity contribution is 0.309. The standard InChI is InChI=1S/C26H32O/c1-3-5-20-27-26-18-12-23(13-19-26)7-6-22-10-16-25(17-11-22)24-14-8-21(4-2)9-15-24/h8-9,12-15,18-19,22,25H,3-5,10-11,16-17,20H2,1-2H3. The minimum absolute atomic E-state index is 0.539. The zero-order valence-electron chi connectivity index (χ0n) is 16.8. The summed E-state index contributed by atoms with van der Waals surface area (Å²) in [6, 6.07) is 17.5. The molecule has 1 aliphatic carbocycles. The first-order valence-corrected chi connectivity index (χ1v) is 10.6. The van der Waals surface area contributed by atoms with Gasteiger partial charge in [0, 0.05) is 11.5 Å². The van der Waals surface area contributed by atoms with Crippen molar-refractivity contribution in [3.8, 4) is 17.6 Å². The molecule has 27 heavy (non-hydrogen) atoms. The molecule has 2 aromatic carbocycles. The molecule has 1 nitrogen and oxygen atoms in total. The summed E-state index contributed by atoms with van der Waals surface area (Å²) in [4.78, 5) is 0. The molecule has 0 aliphatic heterocycles. The Morgan fingerprint density at radius 1 is 0.889 bits per heavy atom. The topological polar surface area (TPSA) is 9.23 Å². The van der Waals surface area contributed by atoms with E-state index in [9.17, 15) is 0 Å². The van der Waals surface area contributed by atoms with Gasteiger partial charge in [0.05, 0.1) is 6.61 Å². The van der Waals surface area contributed by atoms with Gasteiger partial charge in [0.25, 0.3) is 0 Å². The molecule has 0 saturated heterocycles. The highest BCUT2D eigenvalue weighted by Crippen LogP contribution is 2.35. The highest BCUT2D eigenvalue weighted by atomic mass is 16.5. The van der Waals surface area contributed by atoms with E-state index in [1.807, 2.05) is 12.1 Å². The number of benzene rings is 2. The van der Waals surface area contributed by atoms with Crippen molar-refractivity contribution in [1.29, 1.82) is 0 Å². The molecular weight excluding hydrogens is 328 g/mol. The van der Waals surface area contributed by atoms with Crippen molar-refractivity contribution in [2.75, 3.05) is 6.61 Å². The molecule has 1 saturated carbocycles. The highest BCUT2D eigenvalue weighted by molar-refractivity contribution is 5.38. The molecule has 0 spiro atoms. The van der Waals surface area contributed by atoms with Crippen molar-refractivity contribution in [1.82, 2.24) is 0 Å². The van der Waals surface area contributed by atoms with Crippen molar-refractivity contribution in [3.05, 3.63) is 65.2 Å². The van der Waals surface area contributed by atoms with E-state index in [-0.39, 0.29) is 0 Å². The molecule has 1 aliphatic rings. The Morgan fingerprint density at radius 3 is 2.22 bits per heavy atom. The molecule has 0 unspecified atom stereocenters. The monoisotopic (exact) mass is 360 g/mol. The van der Waals surface area contributed by atoms with Gasteiger partial charge in [-0.3, -0.25) is 0 Å². The van der Waals surface area contributed by atoms with Crippen molar-refractivity contribution in [2.24, 2.45) is 5.92 Å². The van der Waals surface area contributed by atoms with Crippen LogP contribution in [0.3, 0.4) is 0 Å². The van der Waals surface area contributed by atoms with E-state index >= 15 is 0 Å². The molecule has 0 aromatic heterocycles. The Bertz CT molecular complexity index is 738. The second kappa shape index (κ2) is 10.2. The summed E-state index contributed by atoms with van der Waals surface area (Å²) >= 11 is 0. The molecule has 0 N–H and O–H groups in total. The van der Waals surface area contributed by atoms with E-state index in [2.05, 4.69) is 62.1 Å². The third-order valence-electron chi connectivity index (χ3n) is 5.63. The van der Waals surface area contributed by atoms with Crippen molar-refractivity contribution >= 4 is 0 Å². The predicted molar refractivity (Wildman–Crippen MR) is 114 cm³/mol. The summed E-state index contributed by atoms with van der Waals surface area (Å²) in [5, 5.41) is 0. The van der Waals surface area contributed by atoms with Gasteiger partial charge in [0.1, 0.15) is 5.75 Å². The van der Waals surface area contributed by atoms with Crippen LogP contribution >= 0.6 is 0 Å². The smallest absolute Gasteiger partial charge is 0.119 e. The molecule has 0 amide bonds. The fourth-order valence-corrected chi connectivity index (χ4v) is 3.75. The number of ether oxygens (including phenoxy) is 1. The molecule has 1 fully saturated rings. The summed E-state index contributed by atoms with van der Waals surface area (Å²) in [7, 11) is 0. The van der Waals surface area contributed by atoms with Crippen LogP contribution in [0.1, 0.15) is 75.0 Å². The van der Waals surface area contributed by atoms with Crippen LogP contribution in [0.5, 0.6) is 5.75 Å². The molecule has 1 heteroatoms. The SMILES string of the molecule is CCCCOc1ccc(C#CC2CCC(c3ccc(CC)cc3)CC2)cc1. The van der Waals surface area contributed by atoms with Crippen molar-refractivity contribution in [3.63, 3.8) is 0 Å². The minimum atomic E-state index is 0.539. The Kier molecular flexibility index (Phi) is 7.40. The summed E-state index contributed by atoms with van der Waals surface area (Å²) in [6.45, 7) is 5.19. The Hall–Kier alpha value is -2.20. The summed E-state index contributed by atoms with van der Waals surface area (Å²) < 4.78 is 5.72. The Morgan fingerprint density at radius 2 is 1.59 bits per heavy atom. The lowest BCUT2D eigenvalue weighted by Crippen LogP contribution is -2.12. The summed E-state index contributed by atoms with van der Waals surface area (Å²) in [6.07, 6.45) is 8.33. The highest BCUT2D eigenvalue weighted by Gasteiger charge is 2.21. The van der Waals surface area contributed by atoms with Crippen LogP contribution in [-0.2, 0) is 6.42 Å². The third kappa shape index (κ3) is 5.90. The molecule has 0 radical (unpaired) electrons. The number of aryl methyl sites for hydroxylation is 1. The maximum absolute atomic E-state index is 5.72. The number of rotatable bonds is 6. The van der Waals surface area contributed by atoms with Gasteiger partial charge < -0.3 is 4.74 Å². The molecule has 0 heterocycles. The first kappa shape index (κ1) is 19.6. The van der Waals surface area contributed by atoms with Crippen LogP contribution in [-0.4, -0.2) is 6.61 Å². The second-order valence-corrected chi connectivity index (χ2v) is 7.64. The van der Waals surface area contributed by atoms with Crippen molar-refractivity contribution in [2.45, 2.75) is 64.7 Å². The van der Waals surface area contributed by atoms with Gasteiger partial charge in [0.15, 0.2) is 0 Å². The quantitative estimate of drug-likeness (QED) is 0.409. The molecule has 0 bridgehead atoms. The largest absolute Gasteiger partial charge is 0.494 e. The van der Waals surface area contributed by atoms with Crippen LogP contribution < -0.4 is 4.74 Å². The van der Waals surface area contributed by atoms with Gasteiger partial charge in [-0.25, -0.2) is 0 Å². The lowest BCUT2D eigenvalue weighted by Gasteiger charge is -2.26. The normalized spacial score (nSPS) is 19.2. The maximum Gasteiger partial charge on any atom is 0.119 e. The van der Waals surface area contributed by atoms with Crippen molar-refractivity contribution < 1.29 is 4.74 Å². The fourth-order valence-electron chi connectivity index (χ4n) is 3.75. The van der Waals surface area contributed by atoms with Gasteiger partial charge in [-0.15, -0.1) is 0 Å². The van der Waals surface area contributed by atoms with E-state index in [4.69, 9.17) is 4.74 Å². The molecule has 3 rings (SSSR count). The first-order chi connectivity index (χ1) is 13.3. The average Bonchev–Trinajstić information content (AvgIpc) is 2.74. The number of hydrogen-bond donors (Lipinski definition) is 0. The van der Waals surface area contributed by atoms with Gasteiger partial charge in [-0.1, -0.05) is 56.4 Å². The Labute approximate surface area is 165 Å². The van der Waals surface area contributed by atoms with Gasteiger partial charge >= 0.3 is 0 Å². The second-order valence-electron chi connectivity index (χ2n) is 7.64. The summed E-state index contributed by atoms with van der Waals surface area (Å²) in [5.74, 6) is 9.08. The van der Waals surface area contributed by atoms with Gasteiger partial charge in [-0.05, 0) is 79.8 Å². The first-order valence-electron chi connectivity index (χ1n) is 10.6. The van der Waals surface area contributed by atoms with E-state index in [0.717, 1.165) is 37.2 Å². The van der Waals surface area contributed by atoms with E-state index in [1.54, 1.807) is 0 Å². The van der Waals surface area contributed by atoms with Crippen LogP contribution in [0.15, 0.2) is 48.5 Å².